The fourth-order valence-electron chi connectivity index (χ4n) is 2.45. The fourth-order valence-corrected chi connectivity index (χ4v) is 2.45. The Kier molecular flexibility index (Phi) is 5.08. The Hall–Kier alpha value is -2.35. The third-order valence-electron chi connectivity index (χ3n) is 3.85. The summed E-state index contributed by atoms with van der Waals surface area (Å²) >= 11 is 0. The summed E-state index contributed by atoms with van der Waals surface area (Å²) < 4.78 is 39.4. The van der Waals surface area contributed by atoms with E-state index in [2.05, 4.69) is 20.6 Å². The van der Waals surface area contributed by atoms with Gasteiger partial charge in [-0.15, -0.1) is 0 Å². The summed E-state index contributed by atoms with van der Waals surface area (Å²) in [5.74, 6) is 1.00. The van der Waals surface area contributed by atoms with Crippen molar-refractivity contribution >= 4 is 17.5 Å². The minimum atomic E-state index is -4.45. The van der Waals surface area contributed by atoms with E-state index in [9.17, 15) is 13.2 Å². The van der Waals surface area contributed by atoms with E-state index in [4.69, 9.17) is 5.11 Å². The van der Waals surface area contributed by atoms with Gasteiger partial charge in [-0.3, -0.25) is 0 Å². The SMILES string of the molecule is OCCCNc1nc(Nc2ccccc2C(F)(F)F)cc(C2CC2)n1. The molecule has 0 aliphatic heterocycles. The Bertz CT molecular complexity index is 732. The average Bonchev–Trinajstić information content (AvgIpc) is 3.39. The summed E-state index contributed by atoms with van der Waals surface area (Å²) in [7, 11) is 0. The quantitative estimate of drug-likeness (QED) is 0.659. The molecule has 0 spiro atoms. The van der Waals surface area contributed by atoms with E-state index in [-0.39, 0.29) is 12.3 Å². The zero-order valence-corrected chi connectivity index (χ0v) is 13.5. The van der Waals surface area contributed by atoms with Crippen LogP contribution in [-0.4, -0.2) is 28.2 Å². The number of aliphatic hydroxyl groups is 1. The molecule has 0 saturated heterocycles. The van der Waals surface area contributed by atoms with Gasteiger partial charge >= 0.3 is 6.18 Å². The number of para-hydroxylation sites is 1. The molecular weight excluding hydrogens is 333 g/mol. The predicted octanol–water partition coefficient (Wildman–Crippen LogP) is 3.91. The monoisotopic (exact) mass is 352 g/mol. The minimum absolute atomic E-state index is 0.0411. The number of halogens is 3. The molecule has 8 heteroatoms. The number of nitrogens with one attached hydrogen (secondary N) is 2. The van der Waals surface area contributed by atoms with Crippen LogP contribution in [0.1, 0.15) is 36.4 Å². The van der Waals surface area contributed by atoms with E-state index >= 15 is 0 Å². The molecule has 1 aliphatic carbocycles. The maximum atomic E-state index is 13.1. The van der Waals surface area contributed by atoms with Gasteiger partial charge in [0, 0.05) is 25.1 Å². The molecule has 0 radical (unpaired) electrons. The zero-order chi connectivity index (χ0) is 17.9. The van der Waals surface area contributed by atoms with Crippen molar-refractivity contribution in [2.75, 3.05) is 23.8 Å². The largest absolute Gasteiger partial charge is 0.418 e. The Labute approximate surface area is 143 Å². The average molecular weight is 352 g/mol. The van der Waals surface area contributed by atoms with Crippen LogP contribution >= 0.6 is 0 Å². The van der Waals surface area contributed by atoms with Crippen LogP contribution in [0.5, 0.6) is 0 Å². The molecule has 1 fully saturated rings. The van der Waals surface area contributed by atoms with Gasteiger partial charge in [0.15, 0.2) is 0 Å². The molecule has 25 heavy (non-hydrogen) atoms. The Morgan fingerprint density at radius 2 is 1.92 bits per heavy atom. The van der Waals surface area contributed by atoms with Gasteiger partial charge in [-0.25, -0.2) is 4.98 Å². The maximum absolute atomic E-state index is 13.1. The number of alkyl halides is 3. The first-order chi connectivity index (χ1) is 12.0. The lowest BCUT2D eigenvalue weighted by Gasteiger charge is -2.15. The second-order valence-electron chi connectivity index (χ2n) is 5.95. The number of benzene rings is 1. The second-order valence-corrected chi connectivity index (χ2v) is 5.95. The van der Waals surface area contributed by atoms with Crippen molar-refractivity contribution in [3.8, 4) is 0 Å². The molecular formula is C17H19F3N4O. The molecule has 0 atom stereocenters. The minimum Gasteiger partial charge on any atom is -0.396 e. The Morgan fingerprint density at radius 3 is 2.60 bits per heavy atom. The highest BCUT2D eigenvalue weighted by molar-refractivity contribution is 5.62. The molecule has 1 saturated carbocycles. The third kappa shape index (κ3) is 4.60. The van der Waals surface area contributed by atoms with Crippen molar-refractivity contribution < 1.29 is 18.3 Å². The third-order valence-corrected chi connectivity index (χ3v) is 3.85. The zero-order valence-electron chi connectivity index (χ0n) is 13.5. The van der Waals surface area contributed by atoms with Crippen molar-refractivity contribution in [1.82, 2.24) is 9.97 Å². The number of hydrogen-bond acceptors (Lipinski definition) is 5. The first-order valence-electron chi connectivity index (χ1n) is 8.14. The molecule has 0 bridgehead atoms. The van der Waals surface area contributed by atoms with Crippen LogP contribution in [0.15, 0.2) is 30.3 Å². The van der Waals surface area contributed by atoms with Crippen molar-refractivity contribution in [2.45, 2.75) is 31.4 Å². The van der Waals surface area contributed by atoms with Crippen molar-refractivity contribution in [3.05, 3.63) is 41.6 Å². The highest BCUT2D eigenvalue weighted by atomic mass is 19.4. The topological polar surface area (TPSA) is 70.1 Å². The normalized spacial score (nSPS) is 14.4. The van der Waals surface area contributed by atoms with E-state index in [1.807, 2.05) is 0 Å². The standard InChI is InChI=1S/C17H19F3N4O/c18-17(19,20)12-4-1-2-5-13(12)22-15-10-14(11-6-7-11)23-16(24-15)21-8-3-9-25/h1-2,4-5,10-11,25H,3,6-9H2,(H2,21,22,23,24). The number of aromatic nitrogens is 2. The van der Waals surface area contributed by atoms with Crippen LogP contribution in [0.2, 0.25) is 0 Å². The molecule has 1 aromatic carbocycles. The molecule has 3 N–H and O–H groups in total. The van der Waals surface area contributed by atoms with Gasteiger partial charge in [0.05, 0.1) is 16.9 Å². The van der Waals surface area contributed by atoms with E-state index < -0.39 is 11.7 Å². The molecule has 2 aromatic rings. The fraction of sp³-hybridized carbons (Fsp3) is 0.412. The van der Waals surface area contributed by atoms with Gasteiger partial charge in [0.25, 0.3) is 0 Å². The summed E-state index contributed by atoms with van der Waals surface area (Å²) in [6.07, 6.45) is -1.87. The number of hydrogen-bond donors (Lipinski definition) is 3. The molecule has 1 aliphatic rings. The van der Waals surface area contributed by atoms with Gasteiger partial charge in [0.2, 0.25) is 5.95 Å². The molecule has 5 nitrogen and oxygen atoms in total. The molecule has 0 amide bonds. The highest BCUT2D eigenvalue weighted by Crippen LogP contribution is 2.40. The maximum Gasteiger partial charge on any atom is 0.418 e. The predicted molar refractivity (Wildman–Crippen MR) is 88.9 cm³/mol. The lowest BCUT2D eigenvalue weighted by Crippen LogP contribution is -2.11. The van der Waals surface area contributed by atoms with Crippen LogP contribution in [0.3, 0.4) is 0 Å². The summed E-state index contributed by atoms with van der Waals surface area (Å²) in [4.78, 5) is 8.67. The van der Waals surface area contributed by atoms with E-state index in [1.165, 1.54) is 12.1 Å². The Balaban J connectivity index is 1.87. The van der Waals surface area contributed by atoms with Gasteiger partial charge in [-0.1, -0.05) is 12.1 Å². The molecule has 3 rings (SSSR count). The molecule has 134 valence electrons. The lowest BCUT2D eigenvalue weighted by molar-refractivity contribution is -0.136. The van der Waals surface area contributed by atoms with E-state index in [1.54, 1.807) is 12.1 Å². The van der Waals surface area contributed by atoms with Gasteiger partial charge < -0.3 is 15.7 Å². The number of nitrogens with zero attached hydrogens (tertiary/aromatic N) is 2. The molecule has 1 aromatic heterocycles. The van der Waals surface area contributed by atoms with Crippen LogP contribution in [-0.2, 0) is 6.18 Å². The summed E-state index contributed by atoms with van der Waals surface area (Å²) in [6, 6.07) is 7.00. The summed E-state index contributed by atoms with van der Waals surface area (Å²) in [5.41, 5.74) is 0.0293. The summed E-state index contributed by atoms with van der Waals surface area (Å²) in [6.45, 7) is 0.530. The van der Waals surface area contributed by atoms with Crippen molar-refractivity contribution in [1.29, 1.82) is 0 Å². The van der Waals surface area contributed by atoms with Gasteiger partial charge in [0.1, 0.15) is 5.82 Å². The highest BCUT2D eigenvalue weighted by Gasteiger charge is 2.33. The molecule has 1 heterocycles. The second kappa shape index (κ2) is 7.26. The first-order valence-corrected chi connectivity index (χ1v) is 8.14. The van der Waals surface area contributed by atoms with Crippen molar-refractivity contribution in [2.24, 2.45) is 0 Å². The lowest BCUT2D eigenvalue weighted by atomic mass is 10.1. The van der Waals surface area contributed by atoms with Gasteiger partial charge in [-0.2, -0.15) is 18.2 Å². The number of anilines is 3. The number of aliphatic hydroxyl groups excluding tert-OH is 1. The van der Waals surface area contributed by atoms with Crippen molar-refractivity contribution in [3.63, 3.8) is 0 Å². The Morgan fingerprint density at radius 1 is 1.16 bits per heavy atom. The van der Waals surface area contributed by atoms with E-state index in [0.29, 0.717) is 30.6 Å². The van der Waals surface area contributed by atoms with E-state index in [0.717, 1.165) is 24.6 Å². The summed E-state index contributed by atoms with van der Waals surface area (Å²) in [5, 5.41) is 14.6. The van der Waals surface area contributed by atoms with Crippen LogP contribution < -0.4 is 10.6 Å². The van der Waals surface area contributed by atoms with Gasteiger partial charge in [-0.05, 0) is 31.4 Å². The van der Waals surface area contributed by atoms with Crippen LogP contribution in [0.25, 0.3) is 0 Å². The molecule has 0 unspecified atom stereocenters. The smallest absolute Gasteiger partial charge is 0.396 e. The number of rotatable bonds is 7. The first kappa shape index (κ1) is 17.5. The van der Waals surface area contributed by atoms with Crippen LogP contribution in [0, 0.1) is 0 Å². The van der Waals surface area contributed by atoms with Crippen LogP contribution in [0.4, 0.5) is 30.6 Å².